The minimum atomic E-state index is -3.64. The van der Waals surface area contributed by atoms with E-state index < -0.39 is 10.0 Å². The normalized spacial score (nSPS) is 11.4. The minimum absolute atomic E-state index is 0.112. The van der Waals surface area contributed by atoms with Crippen LogP contribution < -0.4 is 10.1 Å². The number of rotatable bonds is 8. The third-order valence-corrected chi connectivity index (χ3v) is 6.52. The average molecular weight is 455 g/mol. The van der Waals surface area contributed by atoms with Gasteiger partial charge in [0.2, 0.25) is 10.0 Å². The Balaban J connectivity index is 2.41. The van der Waals surface area contributed by atoms with Crippen LogP contribution in [0.1, 0.15) is 31.1 Å². The summed E-state index contributed by atoms with van der Waals surface area (Å²) in [6.45, 7) is 6.51. The number of carbonyl (C=O) groups is 1. The summed E-state index contributed by atoms with van der Waals surface area (Å²) >= 11 is 3.33. The highest BCUT2D eigenvalue weighted by atomic mass is 79.9. The zero-order valence-electron chi connectivity index (χ0n) is 15.5. The quantitative estimate of drug-likeness (QED) is 0.650. The van der Waals surface area contributed by atoms with Crippen molar-refractivity contribution < 1.29 is 17.9 Å². The van der Waals surface area contributed by atoms with Crippen molar-refractivity contribution in [2.75, 3.05) is 25.0 Å². The first-order valence-electron chi connectivity index (χ1n) is 8.67. The molecule has 146 valence electrons. The van der Waals surface area contributed by atoms with Gasteiger partial charge in [-0.25, -0.2) is 8.42 Å². The molecule has 2 aromatic rings. The summed E-state index contributed by atoms with van der Waals surface area (Å²) in [6, 6.07) is 11.4. The molecule has 0 unspecified atom stereocenters. The topological polar surface area (TPSA) is 75.7 Å². The maximum atomic E-state index is 12.8. The molecule has 0 bridgehead atoms. The standard InChI is InChI=1S/C19H23BrN2O4S/c1-4-22(5-2)27(24,25)16-11-12-18(26-6-3)17(13-16)21-19(23)14-7-9-15(20)10-8-14/h7-13H,4-6H2,1-3H3,(H,21,23). The lowest BCUT2D eigenvalue weighted by Crippen LogP contribution is -2.30. The van der Waals surface area contributed by atoms with E-state index in [1.807, 2.05) is 6.92 Å². The molecule has 8 heteroatoms. The fourth-order valence-corrected chi connectivity index (χ4v) is 4.31. The summed E-state index contributed by atoms with van der Waals surface area (Å²) in [6.07, 6.45) is 0. The lowest BCUT2D eigenvalue weighted by Gasteiger charge is -2.20. The molecule has 6 nitrogen and oxygen atoms in total. The molecular weight excluding hydrogens is 432 g/mol. The predicted molar refractivity (Wildman–Crippen MR) is 110 cm³/mol. The molecule has 0 fully saturated rings. The van der Waals surface area contributed by atoms with Crippen LogP contribution in [0.5, 0.6) is 5.75 Å². The van der Waals surface area contributed by atoms with Crippen LogP contribution in [-0.4, -0.2) is 38.3 Å². The maximum Gasteiger partial charge on any atom is 0.255 e. The Labute approximate surface area is 168 Å². The first-order valence-corrected chi connectivity index (χ1v) is 10.9. The van der Waals surface area contributed by atoms with E-state index in [4.69, 9.17) is 4.74 Å². The molecule has 1 N–H and O–H groups in total. The van der Waals surface area contributed by atoms with E-state index in [-0.39, 0.29) is 10.8 Å². The van der Waals surface area contributed by atoms with Crippen molar-refractivity contribution >= 4 is 37.5 Å². The van der Waals surface area contributed by atoms with Crippen LogP contribution >= 0.6 is 15.9 Å². The molecule has 0 aliphatic rings. The van der Waals surface area contributed by atoms with Crippen LogP contribution in [0.3, 0.4) is 0 Å². The minimum Gasteiger partial charge on any atom is -0.492 e. The van der Waals surface area contributed by atoms with Crippen LogP contribution in [0, 0.1) is 0 Å². The second-order valence-electron chi connectivity index (χ2n) is 5.64. The van der Waals surface area contributed by atoms with Gasteiger partial charge >= 0.3 is 0 Å². The van der Waals surface area contributed by atoms with E-state index in [9.17, 15) is 13.2 Å². The van der Waals surface area contributed by atoms with Gasteiger partial charge in [-0.2, -0.15) is 4.31 Å². The second kappa shape index (κ2) is 9.34. The van der Waals surface area contributed by atoms with Gasteiger partial charge in [-0.15, -0.1) is 0 Å². The Bertz CT molecular complexity index is 894. The molecule has 1 amide bonds. The highest BCUT2D eigenvalue weighted by Crippen LogP contribution is 2.30. The molecule has 0 atom stereocenters. The number of nitrogens with zero attached hydrogens (tertiary/aromatic N) is 1. The summed E-state index contributed by atoms with van der Waals surface area (Å²) in [5, 5.41) is 2.76. The first kappa shape index (κ1) is 21.4. The van der Waals surface area contributed by atoms with Crippen molar-refractivity contribution in [2.24, 2.45) is 0 Å². The van der Waals surface area contributed by atoms with Gasteiger partial charge in [0, 0.05) is 23.1 Å². The Morgan fingerprint density at radius 2 is 1.70 bits per heavy atom. The van der Waals surface area contributed by atoms with Gasteiger partial charge in [0.15, 0.2) is 0 Å². The Morgan fingerprint density at radius 3 is 2.26 bits per heavy atom. The number of sulfonamides is 1. The van der Waals surface area contributed by atoms with E-state index >= 15 is 0 Å². The van der Waals surface area contributed by atoms with Crippen molar-refractivity contribution in [3.05, 3.63) is 52.5 Å². The zero-order valence-corrected chi connectivity index (χ0v) is 17.9. The number of ether oxygens (including phenoxy) is 1. The predicted octanol–water partition coefficient (Wildman–Crippen LogP) is 4.13. The van der Waals surface area contributed by atoms with Gasteiger partial charge in [-0.1, -0.05) is 29.8 Å². The van der Waals surface area contributed by atoms with Crippen LogP contribution in [0.2, 0.25) is 0 Å². The SMILES string of the molecule is CCOc1ccc(S(=O)(=O)N(CC)CC)cc1NC(=O)c1ccc(Br)cc1. The molecule has 0 spiro atoms. The van der Waals surface area contributed by atoms with Crippen molar-refractivity contribution in [1.82, 2.24) is 4.31 Å². The molecule has 0 saturated heterocycles. The number of hydrogen-bond acceptors (Lipinski definition) is 4. The molecule has 0 radical (unpaired) electrons. The Kier molecular flexibility index (Phi) is 7.41. The van der Waals surface area contributed by atoms with Crippen molar-refractivity contribution in [3.8, 4) is 5.75 Å². The van der Waals surface area contributed by atoms with Gasteiger partial charge in [0.1, 0.15) is 5.75 Å². The highest BCUT2D eigenvalue weighted by molar-refractivity contribution is 9.10. The third kappa shape index (κ3) is 5.09. The monoisotopic (exact) mass is 454 g/mol. The van der Waals surface area contributed by atoms with Gasteiger partial charge in [-0.3, -0.25) is 4.79 Å². The number of amides is 1. The molecule has 0 heterocycles. The molecule has 0 saturated carbocycles. The molecule has 0 aliphatic heterocycles. The summed E-state index contributed by atoms with van der Waals surface area (Å²) in [4.78, 5) is 12.7. The lowest BCUT2D eigenvalue weighted by atomic mass is 10.2. The summed E-state index contributed by atoms with van der Waals surface area (Å²) in [5.41, 5.74) is 0.774. The molecular formula is C19H23BrN2O4S. The number of carbonyl (C=O) groups excluding carboxylic acids is 1. The summed E-state index contributed by atoms with van der Waals surface area (Å²) in [5.74, 6) is 0.0716. The third-order valence-electron chi connectivity index (χ3n) is 3.95. The van der Waals surface area contributed by atoms with Gasteiger partial charge in [-0.05, 0) is 49.4 Å². The largest absolute Gasteiger partial charge is 0.492 e. The Hall–Kier alpha value is -1.90. The highest BCUT2D eigenvalue weighted by Gasteiger charge is 2.23. The number of nitrogens with one attached hydrogen (secondary N) is 1. The van der Waals surface area contributed by atoms with Gasteiger partial charge in [0.25, 0.3) is 5.91 Å². The molecule has 2 aromatic carbocycles. The zero-order chi connectivity index (χ0) is 20.0. The van der Waals surface area contributed by atoms with E-state index in [2.05, 4.69) is 21.2 Å². The molecule has 0 aromatic heterocycles. The number of anilines is 1. The van der Waals surface area contributed by atoms with E-state index in [0.29, 0.717) is 36.7 Å². The van der Waals surface area contributed by atoms with Crippen molar-refractivity contribution in [1.29, 1.82) is 0 Å². The first-order chi connectivity index (χ1) is 12.8. The van der Waals surface area contributed by atoms with Crippen LogP contribution in [0.4, 0.5) is 5.69 Å². The second-order valence-corrected chi connectivity index (χ2v) is 8.49. The van der Waals surface area contributed by atoms with E-state index in [1.165, 1.54) is 16.4 Å². The van der Waals surface area contributed by atoms with Gasteiger partial charge < -0.3 is 10.1 Å². The van der Waals surface area contributed by atoms with Crippen molar-refractivity contribution in [2.45, 2.75) is 25.7 Å². The number of benzene rings is 2. The van der Waals surface area contributed by atoms with Crippen LogP contribution in [0.15, 0.2) is 51.8 Å². The molecule has 2 rings (SSSR count). The van der Waals surface area contributed by atoms with E-state index in [0.717, 1.165) is 4.47 Å². The fraction of sp³-hybridized carbons (Fsp3) is 0.316. The van der Waals surface area contributed by atoms with Crippen LogP contribution in [-0.2, 0) is 10.0 Å². The summed E-state index contributed by atoms with van der Waals surface area (Å²) in [7, 11) is -3.64. The van der Waals surface area contributed by atoms with E-state index in [1.54, 1.807) is 44.2 Å². The van der Waals surface area contributed by atoms with Crippen LogP contribution in [0.25, 0.3) is 0 Å². The molecule has 27 heavy (non-hydrogen) atoms. The maximum absolute atomic E-state index is 12.8. The van der Waals surface area contributed by atoms with Crippen molar-refractivity contribution in [3.63, 3.8) is 0 Å². The van der Waals surface area contributed by atoms with Gasteiger partial charge in [0.05, 0.1) is 17.2 Å². The molecule has 0 aliphatic carbocycles. The lowest BCUT2D eigenvalue weighted by molar-refractivity contribution is 0.102. The number of halogens is 1. The fourth-order valence-electron chi connectivity index (χ4n) is 2.56. The smallest absolute Gasteiger partial charge is 0.255 e. The summed E-state index contributed by atoms with van der Waals surface area (Å²) < 4.78 is 33.3. The Morgan fingerprint density at radius 1 is 1.07 bits per heavy atom. The average Bonchev–Trinajstić information content (AvgIpc) is 2.64. The number of hydrogen-bond donors (Lipinski definition) is 1.